The predicted molar refractivity (Wildman–Crippen MR) is 162 cm³/mol. The van der Waals surface area contributed by atoms with Gasteiger partial charge in [0.2, 0.25) is 0 Å². The first-order chi connectivity index (χ1) is 18.8. The van der Waals surface area contributed by atoms with Gasteiger partial charge in [-0.05, 0) is 54.4 Å². The molecule has 0 saturated carbocycles. The van der Waals surface area contributed by atoms with Crippen molar-refractivity contribution in [2.75, 3.05) is 13.7 Å². The van der Waals surface area contributed by atoms with Gasteiger partial charge in [-0.25, -0.2) is 0 Å². The van der Waals surface area contributed by atoms with Crippen molar-refractivity contribution >= 4 is 39.1 Å². The highest BCUT2D eigenvalue weighted by Gasteiger charge is 2.48. The van der Waals surface area contributed by atoms with Gasteiger partial charge in [-0.2, -0.15) is 0 Å². The fourth-order valence-electron chi connectivity index (χ4n) is 6.42. The fourth-order valence-corrected chi connectivity index (χ4v) is 7.09. The van der Waals surface area contributed by atoms with Crippen LogP contribution in [-0.4, -0.2) is 30.1 Å². The summed E-state index contributed by atoms with van der Waals surface area (Å²) in [4.78, 5) is 29.8. The number of allylic oxidation sites excluding steroid dienone is 4. The van der Waals surface area contributed by atoms with Crippen LogP contribution in [0.3, 0.4) is 0 Å². The average Bonchev–Trinajstić information content (AvgIpc) is 2.84. The molecule has 0 bridgehead atoms. The summed E-state index contributed by atoms with van der Waals surface area (Å²) in [6, 6.07) is 11.6. The predicted octanol–water partition coefficient (Wildman–Crippen LogP) is 8.40. The van der Waals surface area contributed by atoms with Crippen LogP contribution in [0, 0.1) is 10.8 Å². The summed E-state index contributed by atoms with van der Waals surface area (Å²) in [7, 11) is 2.02. The van der Waals surface area contributed by atoms with Gasteiger partial charge in [-0.1, -0.05) is 73.4 Å². The molecule has 0 atom stereocenters. The van der Waals surface area contributed by atoms with Gasteiger partial charge in [-0.3, -0.25) is 9.59 Å². The van der Waals surface area contributed by atoms with Gasteiger partial charge in [0.25, 0.3) is 0 Å². The summed E-state index contributed by atoms with van der Waals surface area (Å²) in [6.45, 7) is 11.2. The maximum atomic E-state index is 13.8. The first-order valence-electron chi connectivity index (χ1n) is 13.9. The van der Waals surface area contributed by atoms with E-state index in [2.05, 4.69) is 48.5 Å². The van der Waals surface area contributed by atoms with Gasteiger partial charge in [0.05, 0.1) is 11.6 Å². The van der Waals surface area contributed by atoms with E-state index in [0.29, 0.717) is 53.7 Å². The molecular weight excluding hydrogens is 590 g/mol. The van der Waals surface area contributed by atoms with E-state index in [9.17, 15) is 9.59 Å². The average molecular weight is 627 g/mol. The third-order valence-electron chi connectivity index (χ3n) is 8.17. The Balaban J connectivity index is 1.65. The van der Waals surface area contributed by atoms with Crippen molar-refractivity contribution in [2.24, 2.45) is 10.8 Å². The summed E-state index contributed by atoms with van der Waals surface area (Å²) < 4.78 is 13.2. The highest BCUT2D eigenvalue weighted by atomic mass is 79.9. The van der Waals surface area contributed by atoms with Crippen molar-refractivity contribution in [3.8, 4) is 11.5 Å². The lowest BCUT2D eigenvalue weighted by Gasteiger charge is -2.48. The van der Waals surface area contributed by atoms with Crippen molar-refractivity contribution in [2.45, 2.75) is 72.8 Å². The van der Waals surface area contributed by atoms with Gasteiger partial charge in [0.1, 0.15) is 6.61 Å². The quantitative estimate of drug-likeness (QED) is 0.322. The zero-order valence-corrected chi connectivity index (χ0v) is 26.5. The van der Waals surface area contributed by atoms with Crippen LogP contribution in [0.2, 0.25) is 5.02 Å². The lowest BCUT2D eigenvalue weighted by Crippen LogP contribution is -2.43. The Labute approximate surface area is 250 Å². The van der Waals surface area contributed by atoms with E-state index >= 15 is 0 Å². The number of ketones is 2. The van der Waals surface area contributed by atoms with Crippen LogP contribution >= 0.6 is 27.5 Å². The summed E-state index contributed by atoms with van der Waals surface area (Å²) in [5.41, 5.74) is 4.92. The molecule has 0 spiro atoms. The van der Waals surface area contributed by atoms with Gasteiger partial charge < -0.3 is 14.4 Å². The second-order valence-corrected chi connectivity index (χ2v) is 14.0. The molecule has 0 saturated heterocycles. The Hall–Kier alpha value is -2.57. The molecule has 0 radical (unpaired) electrons. The molecule has 2 aliphatic carbocycles. The topological polar surface area (TPSA) is 55.8 Å². The van der Waals surface area contributed by atoms with Crippen LogP contribution in [0.15, 0.2) is 63.4 Å². The van der Waals surface area contributed by atoms with Crippen molar-refractivity contribution in [3.63, 3.8) is 0 Å². The monoisotopic (exact) mass is 625 g/mol. The molecule has 212 valence electrons. The van der Waals surface area contributed by atoms with Crippen LogP contribution < -0.4 is 9.47 Å². The Bertz CT molecular complexity index is 1400. The SMILES string of the molecule is CCOc1cc(C2C3=C(CC(C)(C)CC3=O)N(C)C3=C2C(=O)CC(C)(C)C3)cc(Cl)c1OCc1ccccc1Br. The van der Waals surface area contributed by atoms with Gasteiger partial charge in [0.15, 0.2) is 23.1 Å². The van der Waals surface area contributed by atoms with Crippen molar-refractivity contribution < 1.29 is 19.1 Å². The van der Waals surface area contributed by atoms with Crippen LogP contribution in [0.4, 0.5) is 0 Å². The Kier molecular flexibility index (Phi) is 7.73. The summed E-state index contributed by atoms with van der Waals surface area (Å²) in [5.74, 6) is 0.660. The maximum absolute atomic E-state index is 13.8. The van der Waals surface area contributed by atoms with Crippen LogP contribution in [0.5, 0.6) is 11.5 Å². The van der Waals surface area contributed by atoms with Crippen molar-refractivity contribution in [1.29, 1.82) is 0 Å². The molecule has 7 heteroatoms. The molecule has 0 N–H and O–H groups in total. The number of hydrogen-bond donors (Lipinski definition) is 0. The zero-order valence-electron chi connectivity index (χ0n) is 24.1. The molecule has 0 amide bonds. The smallest absolute Gasteiger partial charge is 0.180 e. The maximum Gasteiger partial charge on any atom is 0.180 e. The van der Waals surface area contributed by atoms with E-state index in [-0.39, 0.29) is 22.4 Å². The standard InChI is InChI=1S/C33H37BrClNO4/c1-7-39-27-13-20(12-22(35)31(27)40-18-19-10-8-9-11-21(19)34)28-29-23(14-32(2,3)16-25(29)37)36(6)24-15-33(4,5)17-26(38)30(24)28/h8-13,28H,7,14-18H2,1-6H3. The van der Waals surface area contributed by atoms with Crippen LogP contribution in [-0.2, 0) is 16.2 Å². The molecule has 1 aliphatic heterocycles. The highest BCUT2D eigenvalue weighted by Crippen LogP contribution is 2.55. The first kappa shape index (κ1) is 28.9. The minimum atomic E-state index is -0.484. The Morgan fingerprint density at radius 1 is 0.925 bits per heavy atom. The van der Waals surface area contributed by atoms with E-state index < -0.39 is 5.92 Å². The van der Waals surface area contributed by atoms with E-state index in [0.717, 1.165) is 39.8 Å². The zero-order chi connectivity index (χ0) is 29.0. The third kappa shape index (κ3) is 5.37. The van der Waals surface area contributed by atoms with Gasteiger partial charge >= 0.3 is 0 Å². The fraction of sp³-hybridized carbons (Fsp3) is 0.455. The molecule has 0 unspecified atom stereocenters. The molecule has 0 aromatic heterocycles. The minimum Gasteiger partial charge on any atom is -0.490 e. The molecule has 40 heavy (non-hydrogen) atoms. The van der Waals surface area contributed by atoms with Crippen molar-refractivity contribution in [3.05, 3.63) is 79.6 Å². The lowest BCUT2D eigenvalue weighted by molar-refractivity contribution is -0.119. The number of carbonyl (C=O) groups excluding carboxylic acids is 2. The van der Waals surface area contributed by atoms with E-state index in [1.54, 1.807) is 0 Å². The normalized spacial score (nSPS) is 20.4. The Morgan fingerprint density at radius 3 is 2.05 bits per heavy atom. The van der Waals surface area contributed by atoms with Crippen LogP contribution in [0.1, 0.15) is 77.3 Å². The second kappa shape index (κ2) is 10.7. The number of ether oxygens (including phenoxy) is 2. The number of rotatable bonds is 6. The summed E-state index contributed by atoms with van der Waals surface area (Å²) in [6.07, 6.45) is 2.42. The van der Waals surface area contributed by atoms with Gasteiger partial charge in [0, 0.05) is 58.4 Å². The minimum absolute atomic E-state index is 0.0932. The van der Waals surface area contributed by atoms with Crippen molar-refractivity contribution in [1.82, 2.24) is 4.90 Å². The van der Waals surface area contributed by atoms with Gasteiger partial charge in [-0.15, -0.1) is 0 Å². The number of hydrogen-bond acceptors (Lipinski definition) is 5. The third-order valence-corrected chi connectivity index (χ3v) is 9.23. The molecule has 2 aromatic carbocycles. The number of benzene rings is 2. The molecule has 1 heterocycles. The summed E-state index contributed by atoms with van der Waals surface area (Å²) in [5, 5.41) is 0.392. The lowest BCUT2D eigenvalue weighted by atomic mass is 9.63. The van der Waals surface area contributed by atoms with E-state index in [1.807, 2.05) is 50.4 Å². The molecule has 5 nitrogen and oxygen atoms in total. The molecule has 0 fully saturated rings. The second-order valence-electron chi connectivity index (χ2n) is 12.7. The molecule has 2 aromatic rings. The molecular formula is C33H37BrClNO4. The number of nitrogens with zero attached hydrogens (tertiary/aromatic N) is 1. The van der Waals surface area contributed by atoms with Crippen LogP contribution in [0.25, 0.3) is 0 Å². The van der Waals surface area contributed by atoms with E-state index in [4.69, 9.17) is 21.1 Å². The highest BCUT2D eigenvalue weighted by molar-refractivity contribution is 9.10. The first-order valence-corrected chi connectivity index (χ1v) is 15.1. The largest absolute Gasteiger partial charge is 0.490 e. The molecule has 3 aliphatic rings. The molecule has 5 rings (SSSR count). The Morgan fingerprint density at radius 2 is 1.50 bits per heavy atom. The number of carbonyl (C=O) groups is 2. The number of halogens is 2. The van der Waals surface area contributed by atoms with E-state index in [1.165, 1.54) is 0 Å². The number of Topliss-reactive ketones (excluding diaryl/α,β-unsaturated/α-hetero) is 2. The summed E-state index contributed by atoms with van der Waals surface area (Å²) >= 11 is 10.5.